The molecule has 1 unspecified atom stereocenters. The molecule has 0 saturated heterocycles. The Balaban J connectivity index is 2.27. The first-order valence-corrected chi connectivity index (χ1v) is 6.14. The second-order valence-electron chi connectivity index (χ2n) is 4.56. The summed E-state index contributed by atoms with van der Waals surface area (Å²) in [6.07, 6.45) is -0.0304. The Bertz CT molecular complexity index is 637. The Morgan fingerprint density at radius 2 is 1.57 bits per heavy atom. The van der Waals surface area contributed by atoms with Gasteiger partial charge < -0.3 is 10.5 Å². The van der Waals surface area contributed by atoms with E-state index in [0.717, 1.165) is 24.3 Å². The normalized spacial score (nSPS) is 12.3. The van der Waals surface area contributed by atoms with Crippen molar-refractivity contribution in [2.45, 2.75) is 12.5 Å². The molecule has 0 aliphatic rings. The Morgan fingerprint density at radius 3 is 2.10 bits per heavy atom. The van der Waals surface area contributed by atoms with Crippen LogP contribution >= 0.6 is 0 Å². The molecule has 0 aliphatic carbocycles. The van der Waals surface area contributed by atoms with E-state index in [1.54, 1.807) is 0 Å². The lowest BCUT2D eigenvalue weighted by atomic mass is 9.98. The third-order valence-electron chi connectivity index (χ3n) is 3.10. The molecule has 0 spiro atoms. The molecular formula is C15H13F4NO. The van der Waals surface area contributed by atoms with Gasteiger partial charge in [-0.2, -0.15) is 0 Å². The molecule has 0 aromatic heterocycles. The van der Waals surface area contributed by atoms with Crippen molar-refractivity contribution in [1.82, 2.24) is 0 Å². The van der Waals surface area contributed by atoms with Crippen molar-refractivity contribution in [2.24, 2.45) is 5.73 Å². The Labute approximate surface area is 119 Å². The van der Waals surface area contributed by atoms with E-state index in [1.807, 2.05) is 0 Å². The van der Waals surface area contributed by atoms with Gasteiger partial charge in [0.1, 0.15) is 17.4 Å². The standard InChI is InChI=1S/C15H13F4NO/c1-21-9-6-12(18)15(13(19)7-9)14(20)5-8-2-3-10(16)11(17)4-8/h2-4,6-7,14H,5,20H2,1H3. The summed E-state index contributed by atoms with van der Waals surface area (Å²) in [7, 11) is 1.29. The zero-order chi connectivity index (χ0) is 15.6. The van der Waals surface area contributed by atoms with E-state index in [4.69, 9.17) is 10.5 Å². The smallest absolute Gasteiger partial charge is 0.159 e. The second kappa shape index (κ2) is 6.13. The lowest BCUT2D eigenvalue weighted by Crippen LogP contribution is -2.17. The highest BCUT2D eigenvalue weighted by Gasteiger charge is 2.19. The molecule has 0 heterocycles. The summed E-state index contributed by atoms with van der Waals surface area (Å²) < 4.78 is 58.4. The highest BCUT2D eigenvalue weighted by molar-refractivity contribution is 5.33. The Morgan fingerprint density at radius 1 is 0.952 bits per heavy atom. The highest BCUT2D eigenvalue weighted by atomic mass is 19.2. The maximum atomic E-state index is 13.9. The molecule has 0 aliphatic heterocycles. The molecule has 0 bridgehead atoms. The van der Waals surface area contributed by atoms with Crippen LogP contribution < -0.4 is 10.5 Å². The summed E-state index contributed by atoms with van der Waals surface area (Å²) in [5.74, 6) is -3.68. The predicted molar refractivity (Wildman–Crippen MR) is 69.9 cm³/mol. The average molecular weight is 299 g/mol. The minimum absolute atomic E-state index is 0.0304. The summed E-state index contributed by atoms with van der Waals surface area (Å²) in [6.45, 7) is 0. The van der Waals surface area contributed by atoms with Gasteiger partial charge in [0.25, 0.3) is 0 Å². The first-order valence-electron chi connectivity index (χ1n) is 6.14. The van der Waals surface area contributed by atoms with Gasteiger partial charge in [0.05, 0.1) is 7.11 Å². The van der Waals surface area contributed by atoms with Crippen LogP contribution in [0, 0.1) is 23.3 Å². The van der Waals surface area contributed by atoms with E-state index in [9.17, 15) is 17.6 Å². The van der Waals surface area contributed by atoms with Crippen LogP contribution in [0.3, 0.4) is 0 Å². The molecule has 0 amide bonds. The Kier molecular flexibility index (Phi) is 4.47. The maximum Gasteiger partial charge on any atom is 0.159 e. The van der Waals surface area contributed by atoms with Gasteiger partial charge in [-0.3, -0.25) is 0 Å². The van der Waals surface area contributed by atoms with Gasteiger partial charge in [-0.15, -0.1) is 0 Å². The zero-order valence-electron chi connectivity index (χ0n) is 11.2. The molecule has 1 atom stereocenters. The van der Waals surface area contributed by atoms with Crippen molar-refractivity contribution >= 4 is 0 Å². The highest BCUT2D eigenvalue weighted by Crippen LogP contribution is 2.26. The fourth-order valence-corrected chi connectivity index (χ4v) is 2.06. The predicted octanol–water partition coefficient (Wildman–Crippen LogP) is 3.49. The molecule has 2 aromatic carbocycles. The Hall–Kier alpha value is -2.08. The van der Waals surface area contributed by atoms with Gasteiger partial charge in [-0.05, 0) is 24.1 Å². The van der Waals surface area contributed by atoms with E-state index in [2.05, 4.69) is 0 Å². The van der Waals surface area contributed by atoms with Gasteiger partial charge in [0, 0.05) is 23.7 Å². The molecule has 0 radical (unpaired) electrons. The molecule has 21 heavy (non-hydrogen) atoms. The van der Waals surface area contributed by atoms with Crippen LogP contribution in [0.25, 0.3) is 0 Å². The topological polar surface area (TPSA) is 35.2 Å². The van der Waals surface area contributed by atoms with E-state index in [0.29, 0.717) is 5.56 Å². The van der Waals surface area contributed by atoms with E-state index in [1.165, 1.54) is 13.2 Å². The maximum absolute atomic E-state index is 13.9. The molecule has 2 aromatic rings. The first kappa shape index (κ1) is 15.3. The largest absolute Gasteiger partial charge is 0.497 e. The minimum Gasteiger partial charge on any atom is -0.497 e. The molecule has 2 nitrogen and oxygen atoms in total. The summed E-state index contributed by atoms with van der Waals surface area (Å²) >= 11 is 0. The van der Waals surface area contributed by atoms with Crippen LogP contribution in [0.2, 0.25) is 0 Å². The van der Waals surface area contributed by atoms with Crippen LogP contribution in [0.15, 0.2) is 30.3 Å². The monoisotopic (exact) mass is 299 g/mol. The molecule has 2 rings (SSSR count). The fraction of sp³-hybridized carbons (Fsp3) is 0.200. The number of hydrogen-bond donors (Lipinski definition) is 1. The van der Waals surface area contributed by atoms with Crippen molar-refractivity contribution in [1.29, 1.82) is 0 Å². The molecule has 0 fully saturated rings. The van der Waals surface area contributed by atoms with Crippen LogP contribution in [0.4, 0.5) is 17.6 Å². The van der Waals surface area contributed by atoms with Crippen LogP contribution in [0.1, 0.15) is 17.2 Å². The number of rotatable bonds is 4. The number of benzene rings is 2. The SMILES string of the molecule is COc1cc(F)c(C(N)Cc2ccc(F)c(F)c2)c(F)c1. The molecule has 0 saturated carbocycles. The second-order valence-corrected chi connectivity index (χ2v) is 4.56. The number of halogens is 4. The third-order valence-corrected chi connectivity index (χ3v) is 3.10. The number of methoxy groups -OCH3 is 1. The van der Waals surface area contributed by atoms with Crippen molar-refractivity contribution in [3.05, 3.63) is 64.7 Å². The minimum atomic E-state index is -1.03. The molecular weight excluding hydrogens is 286 g/mol. The number of ether oxygens (including phenoxy) is 1. The fourth-order valence-electron chi connectivity index (χ4n) is 2.06. The van der Waals surface area contributed by atoms with Crippen LogP contribution in [-0.4, -0.2) is 7.11 Å². The summed E-state index contributed by atoms with van der Waals surface area (Å²) in [5.41, 5.74) is 5.80. The van der Waals surface area contributed by atoms with Gasteiger partial charge in [0.15, 0.2) is 11.6 Å². The first-order chi connectivity index (χ1) is 9.92. The quantitative estimate of drug-likeness (QED) is 0.877. The summed E-state index contributed by atoms with van der Waals surface area (Å²) in [6, 6.07) is 4.22. The van der Waals surface area contributed by atoms with Gasteiger partial charge in [-0.25, -0.2) is 17.6 Å². The zero-order valence-corrected chi connectivity index (χ0v) is 11.2. The van der Waals surface area contributed by atoms with Gasteiger partial charge in [-0.1, -0.05) is 6.07 Å². The third kappa shape index (κ3) is 3.33. The average Bonchev–Trinajstić information content (AvgIpc) is 2.42. The van der Waals surface area contributed by atoms with Crippen molar-refractivity contribution in [3.8, 4) is 5.75 Å². The van der Waals surface area contributed by atoms with E-state index in [-0.39, 0.29) is 17.7 Å². The number of hydrogen-bond acceptors (Lipinski definition) is 2. The van der Waals surface area contributed by atoms with Crippen LogP contribution in [0.5, 0.6) is 5.75 Å². The van der Waals surface area contributed by atoms with E-state index >= 15 is 0 Å². The molecule has 6 heteroatoms. The van der Waals surface area contributed by atoms with Crippen molar-refractivity contribution in [3.63, 3.8) is 0 Å². The molecule has 2 N–H and O–H groups in total. The van der Waals surface area contributed by atoms with E-state index < -0.39 is 29.3 Å². The summed E-state index contributed by atoms with van der Waals surface area (Å²) in [4.78, 5) is 0. The van der Waals surface area contributed by atoms with Crippen molar-refractivity contribution in [2.75, 3.05) is 7.11 Å². The number of nitrogens with two attached hydrogens (primary N) is 1. The summed E-state index contributed by atoms with van der Waals surface area (Å²) in [5, 5.41) is 0. The van der Waals surface area contributed by atoms with Gasteiger partial charge >= 0.3 is 0 Å². The lowest BCUT2D eigenvalue weighted by Gasteiger charge is -2.15. The van der Waals surface area contributed by atoms with Crippen LogP contribution in [-0.2, 0) is 6.42 Å². The lowest BCUT2D eigenvalue weighted by molar-refractivity contribution is 0.403. The molecule has 112 valence electrons. The van der Waals surface area contributed by atoms with Gasteiger partial charge in [0.2, 0.25) is 0 Å². The van der Waals surface area contributed by atoms with Crippen molar-refractivity contribution < 1.29 is 22.3 Å².